The van der Waals surface area contributed by atoms with Gasteiger partial charge in [-0.05, 0) is 24.6 Å². The van der Waals surface area contributed by atoms with Crippen LogP contribution in [-0.4, -0.2) is 0 Å². The number of rotatable bonds is 2. The molecule has 2 heteroatoms. The van der Waals surface area contributed by atoms with Crippen molar-refractivity contribution in [2.75, 3.05) is 5.73 Å². The quantitative estimate of drug-likeness (QED) is 0.774. The zero-order valence-electron chi connectivity index (χ0n) is 9.65. The number of para-hydroxylation sites is 1. The van der Waals surface area contributed by atoms with Crippen molar-refractivity contribution in [3.05, 3.63) is 71.6 Å². The Kier molecular flexibility index (Phi) is 3.24. The van der Waals surface area contributed by atoms with Crippen molar-refractivity contribution in [1.82, 2.24) is 0 Å². The molecule has 0 bridgehead atoms. The highest BCUT2D eigenvalue weighted by atomic mass is 19.1. The van der Waals surface area contributed by atoms with Crippen LogP contribution in [0, 0.1) is 5.82 Å². The Labute approximate surface area is 100 Å². The SMILES string of the molecule is C/C=C(\c1ccccc1N)c1ccccc1F. The number of hydrogen-bond acceptors (Lipinski definition) is 1. The molecule has 2 rings (SSSR count). The third kappa shape index (κ3) is 2.21. The number of hydrogen-bond donors (Lipinski definition) is 1. The summed E-state index contributed by atoms with van der Waals surface area (Å²) in [6, 6.07) is 14.2. The predicted octanol–water partition coefficient (Wildman–Crippen LogP) is 3.86. The molecule has 0 amide bonds. The predicted molar refractivity (Wildman–Crippen MR) is 70.0 cm³/mol. The second-order valence-corrected chi connectivity index (χ2v) is 3.77. The Hall–Kier alpha value is -2.09. The monoisotopic (exact) mass is 227 g/mol. The van der Waals surface area contributed by atoms with Gasteiger partial charge in [0.2, 0.25) is 0 Å². The molecule has 0 fully saturated rings. The maximum Gasteiger partial charge on any atom is 0.131 e. The summed E-state index contributed by atoms with van der Waals surface area (Å²) in [7, 11) is 0. The summed E-state index contributed by atoms with van der Waals surface area (Å²) in [6.45, 7) is 1.88. The minimum atomic E-state index is -0.233. The highest BCUT2D eigenvalue weighted by Crippen LogP contribution is 2.29. The third-order valence-corrected chi connectivity index (χ3v) is 2.70. The van der Waals surface area contributed by atoms with E-state index in [1.807, 2.05) is 43.3 Å². The number of anilines is 1. The van der Waals surface area contributed by atoms with E-state index in [-0.39, 0.29) is 5.82 Å². The zero-order chi connectivity index (χ0) is 12.3. The Bertz CT molecular complexity index is 511. The fraction of sp³-hybridized carbons (Fsp3) is 0.0667. The Balaban J connectivity index is 2.57. The lowest BCUT2D eigenvalue weighted by Crippen LogP contribution is -1.96. The number of allylic oxidation sites excluding steroid dienone is 1. The van der Waals surface area contributed by atoms with Crippen LogP contribution in [0.25, 0.3) is 5.57 Å². The van der Waals surface area contributed by atoms with Gasteiger partial charge in [-0.1, -0.05) is 42.5 Å². The Morgan fingerprint density at radius 1 is 1.00 bits per heavy atom. The number of nitrogen functional groups attached to an aromatic ring is 1. The van der Waals surface area contributed by atoms with Gasteiger partial charge in [0.05, 0.1) is 0 Å². The molecular weight excluding hydrogens is 213 g/mol. The van der Waals surface area contributed by atoms with Gasteiger partial charge < -0.3 is 5.73 Å². The van der Waals surface area contributed by atoms with E-state index >= 15 is 0 Å². The molecule has 0 atom stereocenters. The first-order chi connectivity index (χ1) is 8.24. The van der Waals surface area contributed by atoms with Crippen molar-refractivity contribution in [3.8, 4) is 0 Å². The van der Waals surface area contributed by atoms with E-state index in [4.69, 9.17) is 5.73 Å². The summed E-state index contributed by atoms with van der Waals surface area (Å²) >= 11 is 0. The lowest BCUT2D eigenvalue weighted by Gasteiger charge is -2.11. The van der Waals surface area contributed by atoms with Crippen molar-refractivity contribution in [1.29, 1.82) is 0 Å². The van der Waals surface area contributed by atoms with E-state index in [0.717, 1.165) is 11.1 Å². The molecule has 0 unspecified atom stereocenters. The van der Waals surface area contributed by atoms with Crippen LogP contribution in [-0.2, 0) is 0 Å². The smallest absolute Gasteiger partial charge is 0.131 e. The van der Waals surface area contributed by atoms with Gasteiger partial charge in [0, 0.05) is 16.8 Å². The van der Waals surface area contributed by atoms with Gasteiger partial charge in [0.15, 0.2) is 0 Å². The first kappa shape index (κ1) is 11.4. The van der Waals surface area contributed by atoms with Crippen LogP contribution < -0.4 is 5.73 Å². The van der Waals surface area contributed by atoms with Gasteiger partial charge in [0.1, 0.15) is 5.82 Å². The van der Waals surface area contributed by atoms with Crippen molar-refractivity contribution >= 4 is 11.3 Å². The van der Waals surface area contributed by atoms with Crippen LogP contribution in [0.15, 0.2) is 54.6 Å². The molecule has 0 saturated carbocycles. The molecule has 0 heterocycles. The highest BCUT2D eigenvalue weighted by Gasteiger charge is 2.10. The number of halogens is 1. The standard InChI is InChI=1S/C15H14FN/c1-2-11(12-7-3-5-9-14(12)16)13-8-4-6-10-15(13)17/h2-10H,17H2,1H3/b11-2-. The van der Waals surface area contributed by atoms with Gasteiger partial charge >= 0.3 is 0 Å². The molecule has 0 aliphatic rings. The second-order valence-electron chi connectivity index (χ2n) is 3.77. The fourth-order valence-electron chi connectivity index (χ4n) is 1.88. The lowest BCUT2D eigenvalue weighted by atomic mass is 9.96. The molecule has 0 aliphatic carbocycles. The summed E-state index contributed by atoms with van der Waals surface area (Å²) < 4.78 is 13.8. The average Bonchev–Trinajstić information content (AvgIpc) is 2.34. The van der Waals surface area contributed by atoms with E-state index in [1.165, 1.54) is 6.07 Å². The van der Waals surface area contributed by atoms with Crippen LogP contribution in [0.2, 0.25) is 0 Å². The van der Waals surface area contributed by atoms with Gasteiger partial charge in [-0.15, -0.1) is 0 Å². The molecule has 2 N–H and O–H groups in total. The molecule has 17 heavy (non-hydrogen) atoms. The molecule has 2 aromatic carbocycles. The molecule has 86 valence electrons. The van der Waals surface area contributed by atoms with Crippen molar-refractivity contribution in [2.24, 2.45) is 0 Å². The fourth-order valence-corrected chi connectivity index (χ4v) is 1.88. The number of nitrogens with two attached hydrogens (primary N) is 1. The van der Waals surface area contributed by atoms with E-state index in [2.05, 4.69) is 0 Å². The second kappa shape index (κ2) is 4.83. The van der Waals surface area contributed by atoms with Crippen LogP contribution in [0.5, 0.6) is 0 Å². The van der Waals surface area contributed by atoms with Crippen molar-refractivity contribution < 1.29 is 4.39 Å². The summed E-state index contributed by atoms with van der Waals surface area (Å²) in [5, 5.41) is 0. The summed E-state index contributed by atoms with van der Waals surface area (Å²) in [6.07, 6.45) is 1.88. The molecule has 0 spiro atoms. The molecule has 0 radical (unpaired) electrons. The number of benzene rings is 2. The van der Waals surface area contributed by atoms with Crippen LogP contribution in [0.3, 0.4) is 0 Å². The minimum Gasteiger partial charge on any atom is -0.398 e. The third-order valence-electron chi connectivity index (χ3n) is 2.70. The normalized spacial score (nSPS) is 11.5. The topological polar surface area (TPSA) is 26.0 Å². The molecule has 0 aromatic heterocycles. The molecule has 0 aliphatic heterocycles. The van der Waals surface area contributed by atoms with Crippen LogP contribution in [0.1, 0.15) is 18.1 Å². The first-order valence-corrected chi connectivity index (χ1v) is 5.50. The maximum absolute atomic E-state index is 13.8. The van der Waals surface area contributed by atoms with Gasteiger partial charge in [-0.25, -0.2) is 4.39 Å². The highest BCUT2D eigenvalue weighted by molar-refractivity contribution is 5.85. The molecule has 0 saturated heterocycles. The van der Waals surface area contributed by atoms with Crippen molar-refractivity contribution in [2.45, 2.75) is 6.92 Å². The van der Waals surface area contributed by atoms with Gasteiger partial charge in [0.25, 0.3) is 0 Å². The zero-order valence-corrected chi connectivity index (χ0v) is 9.65. The summed E-state index contributed by atoms with van der Waals surface area (Å²) in [5.74, 6) is -0.233. The molecule has 1 nitrogen and oxygen atoms in total. The largest absolute Gasteiger partial charge is 0.398 e. The van der Waals surface area contributed by atoms with E-state index in [1.54, 1.807) is 12.1 Å². The van der Waals surface area contributed by atoms with Crippen LogP contribution >= 0.6 is 0 Å². The Morgan fingerprint density at radius 2 is 1.59 bits per heavy atom. The van der Waals surface area contributed by atoms with E-state index in [0.29, 0.717) is 11.3 Å². The summed E-state index contributed by atoms with van der Waals surface area (Å²) in [4.78, 5) is 0. The lowest BCUT2D eigenvalue weighted by molar-refractivity contribution is 0.624. The average molecular weight is 227 g/mol. The first-order valence-electron chi connectivity index (χ1n) is 5.50. The van der Waals surface area contributed by atoms with Crippen molar-refractivity contribution in [3.63, 3.8) is 0 Å². The molecular formula is C15H14FN. The minimum absolute atomic E-state index is 0.233. The van der Waals surface area contributed by atoms with E-state index in [9.17, 15) is 4.39 Å². The molecule has 2 aromatic rings. The summed E-state index contributed by atoms with van der Waals surface area (Å²) in [5.41, 5.74) is 8.84. The maximum atomic E-state index is 13.8. The van der Waals surface area contributed by atoms with E-state index < -0.39 is 0 Å². The van der Waals surface area contributed by atoms with Gasteiger partial charge in [-0.3, -0.25) is 0 Å². The van der Waals surface area contributed by atoms with Gasteiger partial charge in [-0.2, -0.15) is 0 Å². The van der Waals surface area contributed by atoms with Crippen LogP contribution in [0.4, 0.5) is 10.1 Å². The Morgan fingerprint density at radius 3 is 2.18 bits per heavy atom.